The summed E-state index contributed by atoms with van der Waals surface area (Å²) >= 11 is 3.09. The number of anilines is 1. The maximum Gasteiger partial charge on any atom is 0.224 e. The normalized spacial score (nSPS) is 11.0. The molecule has 1 aromatic carbocycles. The summed E-state index contributed by atoms with van der Waals surface area (Å²) < 4.78 is 17.5. The zero-order chi connectivity index (χ0) is 21.9. The minimum Gasteiger partial charge on any atom is -0.467 e. The molecule has 2 heterocycles. The van der Waals surface area contributed by atoms with E-state index < -0.39 is 0 Å². The first-order valence-electron chi connectivity index (χ1n) is 9.83. The summed E-state index contributed by atoms with van der Waals surface area (Å²) in [6, 6.07) is 9.20. The molecule has 8 nitrogen and oxygen atoms in total. The lowest BCUT2D eigenvalue weighted by molar-refractivity contribution is -0.121. The van der Waals surface area contributed by atoms with Crippen LogP contribution in [0.15, 0.2) is 45.4 Å². The number of nitrogens with one attached hydrogen (secondary N) is 2. The minimum atomic E-state index is -0.121. The lowest BCUT2D eigenvalue weighted by Crippen LogP contribution is -2.22. The number of aromatic nitrogens is 1. The highest BCUT2D eigenvalue weighted by atomic mass is 32.2. The van der Waals surface area contributed by atoms with E-state index >= 15 is 0 Å². The molecule has 31 heavy (non-hydrogen) atoms. The van der Waals surface area contributed by atoms with Crippen molar-refractivity contribution in [3.8, 4) is 0 Å². The molecular formula is C21H25N3O5S2. The number of rotatable bonds is 13. The molecule has 0 spiro atoms. The van der Waals surface area contributed by atoms with Gasteiger partial charge in [-0.05, 0) is 36.8 Å². The standard InChI is InChI=1S/C21H25N3O5S2/c1-27-10-11-28-14-30-21-24-17-8-7-15(12-18(17)31-21)23-20(26)6-2-5-19(25)22-13-16-4-3-9-29-16/h3-4,7-9,12H,2,5-6,10-11,13-14H2,1H3,(H,22,25)(H,23,26). The molecule has 2 amide bonds. The average molecular weight is 464 g/mol. The Bertz CT molecular complexity index is 975. The van der Waals surface area contributed by atoms with Gasteiger partial charge in [-0.1, -0.05) is 11.8 Å². The number of hydrogen-bond acceptors (Lipinski definition) is 8. The van der Waals surface area contributed by atoms with Gasteiger partial charge in [0.2, 0.25) is 11.8 Å². The number of carbonyl (C=O) groups excluding carboxylic acids is 2. The first-order valence-corrected chi connectivity index (χ1v) is 11.6. The molecule has 0 radical (unpaired) electrons. The smallest absolute Gasteiger partial charge is 0.224 e. The number of nitrogens with zero attached hydrogens (tertiary/aromatic N) is 1. The molecule has 166 valence electrons. The van der Waals surface area contributed by atoms with Gasteiger partial charge in [0.15, 0.2) is 4.34 Å². The van der Waals surface area contributed by atoms with E-state index in [1.54, 1.807) is 36.8 Å². The van der Waals surface area contributed by atoms with Crippen molar-refractivity contribution in [3.63, 3.8) is 0 Å². The predicted molar refractivity (Wildman–Crippen MR) is 121 cm³/mol. The van der Waals surface area contributed by atoms with Gasteiger partial charge < -0.3 is 24.5 Å². The van der Waals surface area contributed by atoms with Crippen LogP contribution in [0.5, 0.6) is 0 Å². The number of thioether (sulfide) groups is 1. The van der Waals surface area contributed by atoms with Crippen molar-refractivity contribution in [1.29, 1.82) is 0 Å². The molecule has 0 bridgehead atoms. The van der Waals surface area contributed by atoms with Crippen LogP contribution in [0.3, 0.4) is 0 Å². The van der Waals surface area contributed by atoms with Gasteiger partial charge >= 0.3 is 0 Å². The molecule has 3 aromatic rings. The highest BCUT2D eigenvalue weighted by molar-refractivity contribution is 8.01. The topological polar surface area (TPSA) is 103 Å². The molecule has 0 unspecified atom stereocenters. The molecule has 2 aromatic heterocycles. The Kier molecular flexibility index (Phi) is 9.35. The first-order chi connectivity index (χ1) is 15.1. The van der Waals surface area contributed by atoms with Crippen molar-refractivity contribution in [2.45, 2.75) is 30.1 Å². The quantitative estimate of drug-likeness (QED) is 0.224. The number of furan rings is 1. The number of ether oxygens (including phenoxy) is 2. The van der Waals surface area contributed by atoms with Crippen LogP contribution in [0.4, 0.5) is 5.69 Å². The molecule has 2 N–H and O–H groups in total. The highest BCUT2D eigenvalue weighted by Crippen LogP contribution is 2.31. The second-order valence-electron chi connectivity index (χ2n) is 6.58. The fraction of sp³-hybridized carbons (Fsp3) is 0.381. The fourth-order valence-corrected chi connectivity index (χ4v) is 4.51. The summed E-state index contributed by atoms with van der Waals surface area (Å²) in [6.45, 7) is 1.47. The molecule has 0 saturated carbocycles. The van der Waals surface area contributed by atoms with E-state index in [-0.39, 0.29) is 24.7 Å². The number of methoxy groups -OCH3 is 1. The van der Waals surface area contributed by atoms with Crippen molar-refractivity contribution in [2.24, 2.45) is 0 Å². The molecule has 0 aliphatic heterocycles. The number of hydrogen-bond donors (Lipinski definition) is 2. The van der Waals surface area contributed by atoms with Gasteiger partial charge in [0.1, 0.15) is 5.76 Å². The van der Waals surface area contributed by atoms with Gasteiger partial charge in [0.05, 0.1) is 42.2 Å². The maximum atomic E-state index is 12.2. The van der Waals surface area contributed by atoms with E-state index in [9.17, 15) is 9.59 Å². The molecule has 0 fully saturated rings. The number of thiazole rings is 1. The van der Waals surface area contributed by atoms with E-state index in [0.717, 1.165) is 20.2 Å². The maximum absolute atomic E-state index is 12.2. The molecule has 10 heteroatoms. The van der Waals surface area contributed by atoms with Crippen LogP contribution < -0.4 is 10.6 Å². The lowest BCUT2D eigenvalue weighted by atomic mass is 10.2. The largest absolute Gasteiger partial charge is 0.467 e. The van der Waals surface area contributed by atoms with Crippen molar-refractivity contribution >= 4 is 50.8 Å². The summed E-state index contributed by atoms with van der Waals surface area (Å²) in [5.74, 6) is 0.988. The second-order valence-corrected chi connectivity index (χ2v) is 8.78. The van der Waals surface area contributed by atoms with E-state index in [1.807, 2.05) is 18.2 Å². The van der Waals surface area contributed by atoms with Crippen LogP contribution in [0.1, 0.15) is 25.0 Å². The van der Waals surface area contributed by atoms with Gasteiger partial charge in [0, 0.05) is 25.6 Å². The van der Waals surface area contributed by atoms with Crippen molar-refractivity contribution in [1.82, 2.24) is 10.3 Å². The number of carbonyl (C=O) groups is 2. The van der Waals surface area contributed by atoms with Crippen LogP contribution >= 0.6 is 23.1 Å². The van der Waals surface area contributed by atoms with Crippen LogP contribution in [0.2, 0.25) is 0 Å². The molecular weight excluding hydrogens is 438 g/mol. The molecule has 0 aliphatic carbocycles. The Morgan fingerprint density at radius 1 is 1.19 bits per heavy atom. The summed E-state index contributed by atoms with van der Waals surface area (Å²) in [6.07, 6.45) is 2.60. The lowest BCUT2D eigenvalue weighted by Gasteiger charge is -2.06. The average Bonchev–Trinajstić information content (AvgIpc) is 3.41. The summed E-state index contributed by atoms with van der Waals surface area (Å²) in [5, 5.41) is 5.65. The molecule has 0 saturated heterocycles. The van der Waals surface area contributed by atoms with E-state index in [1.165, 1.54) is 11.8 Å². The molecule has 0 aliphatic rings. The Morgan fingerprint density at radius 3 is 2.87 bits per heavy atom. The SMILES string of the molecule is COCCOCSc1nc2ccc(NC(=O)CCCC(=O)NCc3ccco3)cc2s1. The molecule has 3 rings (SSSR count). The minimum absolute atomic E-state index is 0.105. The monoisotopic (exact) mass is 463 g/mol. The van der Waals surface area contributed by atoms with Gasteiger partial charge in [-0.3, -0.25) is 9.59 Å². The van der Waals surface area contributed by atoms with Gasteiger partial charge in [-0.2, -0.15) is 0 Å². The fourth-order valence-electron chi connectivity index (χ4n) is 2.66. The Morgan fingerprint density at radius 2 is 2.06 bits per heavy atom. The third-order valence-electron chi connectivity index (χ3n) is 4.20. The van der Waals surface area contributed by atoms with Crippen molar-refractivity contribution < 1.29 is 23.5 Å². The number of benzene rings is 1. The van der Waals surface area contributed by atoms with Crippen LogP contribution in [-0.2, 0) is 25.6 Å². The van der Waals surface area contributed by atoms with Crippen LogP contribution in [0, 0.1) is 0 Å². The van der Waals surface area contributed by atoms with Crippen LogP contribution in [0.25, 0.3) is 10.2 Å². The highest BCUT2D eigenvalue weighted by Gasteiger charge is 2.09. The van der Waals surface area contributed by atoms with E-state index in [2.05, 4.69) is 15.6 Å². The predicted octanol–water partition coefficient (Wildman–Crippen LogP) is 4.03. The first kappa shape index (κ1) is 23.3. The van der Waals surface area contributed by atoms with E-state index in [4.69, 9.17) is 13.9 Å². The van der Waals surface area contributed by atoms with Crippen molar-refractivity contribution in [3.05, 3.63) is 42.4 Å². The molecule has 0 atom stereocenters. The third-order valence-corrected chi connectivity index (χ3v) is 6.24. The number of fused-ring (bicyclic) bond motifs is 1. The third kappa shape index (κ3) is 7.98. The Labute approximate surface area is 188 Å². The van der Waals surface area contributed by atoms with Gasteiger partial charge in [0.25, 0.3) is 0 Å². The van der Waals surface area contributed by atoms with Gasteiger partial charge in [-0.25, -0.2) is 4.98 Å². The Balaban J connectivity index is 1.38. The summed E-state index contributed by atoms with van der Waals surface area (Å²) in [7, 11) is 1.64. The zero-order valence-corrected chi connectivity index (χ0v) is 18.9. The summed E-state index contributed by atoms with van der Waals surface area (Å²) in [4.78, 5) is 28.6. The van der Waals surface area contributed by atoms with Crippen molar-refractivity contribution in [2.75, 3.05) is 31.6 Å². The van der Waals surface area contributed by atoms with E-state index in [0.29, 0.717) is 37.9 Å². The Hall–Kier alpha value is -2.40. The zero-order valence-electron chi connectivity index (χ0n) is 17.2. The number of amides is 2. The van der Waals surface area contributed by atoms with Crippen LogP contribution in [-0.4, -0.2) is 43.1 Å². The second kappa shape index (κ2) is 12.5. The summed E-state index contributed by atoms with van der Waals surface area (Å²) in [5.41, 5.74) is 1.60. The van der Waals surface area contributed by atoms with Gasteiger partial charge in [-0.15, -0.1) is 11.3 Å².